The van der Waals surface area contributed by atoms with Crippen LogP contribution in [0.25, 0.3) is 0 Å². The molecule has 0 amide bonds. The highest BCUT2D eigenvalue weighted by molar-refractivity contribution is 8.72. The van der Waals surface area contributed by atoms with E-state index in [1.54, 1.807) is 12.1 Å². The molecule has 1 unspecified atom stereocenters. The molecule has 5 nitrogen and oxygen atoms in total. The Morgan fingerprint density at radius 3 is 2.30 bits per heavy atom. The molecular formula is C12H10ClNO4S2. The third-order valence-corrected chi connectivity index (χ3v) is 6.05. The fourth-order valence-corrected chi connectivity index (χ4v) is 4.56. The third-order valence-electron chi connectivity index (χ3n) is 2.42. The zero-order chi connectivity index (χ0) is 14.8. The lowest BCUT2D eigenvalue weighted by Gasteiger charge is -2.14. The fourth-order valence-electron chi connectivity index (χ4n) is 1.48. The molecule has 0 aliphatic carbocycles. The quantitative estimate of drug-likeness (QED) is 0.663. The van der Waals surface area contributed by atoms with Crippen LogP contribution in [0.15, 0.2) is 58.3 Å². The maximum atomic E-state index is 12.2. The number of hydrogen-bond donors (Lipinski definition) is 2. The van der Waals surface area contributed by atoms with Crippen molar-refractivity contribution in [1.29, 1.82) is 0 Å². The van der Waals surface area contributed by atoms with E-state index < -0.39 is 14.1 Å². The van der Waals surface area contributed by atoms with Gasteiger partial charge in [0.05, 0.1) is 9.79 Å². The molecule has 0 aliphatic heterocycles. The zero-order valence-corrected chi connectivity index (χ0v) is 12.4. The van der Waals surface area contributed by atoms with E-state index in [-0.39, 0.29) is 15.5 Å². The van der Waals surface area contributed by atoms with Crippen LogP contribution in [0.1, 0.15) is 0 Å². The first-order valence-corrected chi connectivity index (χ1v) is 8.62. The Labute approximate surface area is 124 Å². The molecule has 0 aromatic heterocycles. The van der Waals surface area contributed by atoms with Crippen molar-refractivity contribution in [3.8, 4) is 0 Å². The average Bonchev–Trinajstić information content (AvgIpc) is 2.39. The maximum Gasteiger partial charge on any atom is 0.234 e. The number of rotatable bonds is 4. The molecular weight excluding hydrogens is 322 g/mol. The van der Waals surface area contributed by atoms with Gasteiger partial charge in [-0.05, 0) is 30.3 Å². The summed E-state index contributed by atoms with van der Waals surface area (Å²) in [6.45, 7) is 0. The van der Waals surface area contributed by atoms with Crippen molar-refractivity contribution in [2.45, 2.75) is 9.79 Å². The first-order valence-electron chi connectivity index (χ1n) is 5.42. The topological polar surface area (TPSA) is 81.9 Å². The summed E-state index contributed by atoms with van der Waals surface area (Å²) < 4.78 is 24.4. The summed E-state index contributed by atoms with van der Waals surface area (Å²) in [5.74, 6) is 0. The van der Waals surface area contributed by atoms with Gasteiger partial charge in [0.15, 0.2) is 5.69 Å². The normalized spacial score (nSPS) is 13.2. The molecule has 0 bridgehead atoms. The predicted octanol–water partition coefficient (Wildman–Crippen LogP) is 2.22. The average molecular weight is 332 g/mol. The van der Waals surface area contributed by atoms with E-state index in [1.807, 2.05) is 0 Å². The van der Waals surface area contributed by atoms with Gasteiger partial charge in [-0.2, -0.15) is 5.23 Å². The van der Waals surface area contributed by atoms with Gasteiger partial charge in [-0.1, -0.05) is 23.7 Å². The number of quaternary nitrogens is 1. The molecule has 1 atom stereocenters. The van der Waals surface area contributed by atoms with Gasteiger partial charge in [0, 0.05) is 21.9 Å². The van der Waals surface area contributed by atoms with Crippen molar-refractivity contribution in [2.75, 3.05) is 0 Å². The van der Waals surface area contributed by atoms with E-state index in [0.717, 1.165) is 0 Å². The number of hydrogen-bond acceptors (Lipinski definition) is 5. The lowest BCUT2D eigenvalue weighted by molar-refractivity contribution is -0.992. The van der Waals surface area contributed by atoms with Crippen LogP contribution >= 0.6 is 22.4 Å². The predicted molar refractivity (Wildman–Crippen MR) is 76.7 cm³/mol. The number of nitrogens with one attached hydrogen (secondary N) is 1. The van der Waals surface area contributed by atoms with Crippen LogP contribution in [0.3, 0.4) is 0 Å². The Hall–Kier alpha value is -1.09. The molecule has 0 spiro atoms. The molecule has 0 aliphatic rings. The first-order chi connectivity index (χ1) is 9.40. The Morgan fingerprint density at radius 1 is 1.10 bits per heavy atom. The molecule has 0 heterocycles. The molecule has 2 rings (SSSR count). The van der Waals surface area contributed by atoms with Gasteiger partial charge in [-0.3, -0.25) is 0 Å². The van der Waals surface area contributed by atoms with E-state index in [4.69, 9.17) is 16.8 Å². The lowest BCUT2D eigenvalue weighted by Crippen LogP contribution is -2.99. The van der Waals surface area contributed by atoms with Crippen LogP contribution in [0, 0.1) is 5.21 Å². The van der Waals surface area contributed by atoms with Crippen LogP contribution in [0.2, 0.25) is 5.02 Å². The number of benzene rings is 2. The number of halogens is 1. The highest BCUT2D eigenvalue weighted by atomic mass is 35.5. The van der Waals surface area contributed by atoms with Gasteiger partial charge in [-0.15, -0.1) is 0 Å². The van der Waals surface area contributed by atoms with Gasteiger partial charge in [-0.25, -0.2) is 13.6 Å². The van der Waals surface area contributed by atoms with Crippen molar-refractivity contribution >= 4 is 37.0 Å². The minimum atomic E-state index is -3.69. The molecule has 106 valence electrons. The third kappa shape index (κ3) is 3.51. The Balaban J connectivity index is 2.36. The van der Waals surface area contributed by atoms with Crippen molar-refractivity contribution in [3.63, 3.8) is 0 Å². The van der Waals surface area contributed by atoms with Gasteiger partial charge in [0.2, 0.25) is 8.87 Å². The number of para-hydroxylation sites is 1. The Morgan fingerprint density at radius 2 is 1.70 bits per heavy atom. The Kier molecular flexibility index (Phi) is 4.69. The van der Waals surface area contributed by atoms with Crippen molar-refractivity contribution in [1.82, 2.24) is 0 Å². The largest absolute Gasteiger partial charge is 0.595 e. The molecule has 2 aromatic carbocycles. The maximum absolute atomic E-state index is 12.2. The van der Waals surface area contributed by atoms with Gasteiger partial charge in [0.25, 0.3) is 0 Å². The first kappa shape index (κ1) is 15.3. The zero-order valence-electron chi connectivity index (χ0n) is 9.99. The molecule has 0 saturated heterocycles. The molecule has 0 fully saturated rings. The summed E-state index contributed by atoms with van der Waals surface area (Å²) >= 11 is 5.71. The van der Waals surface area contributed by atoms with Crippen LogP contribution < -0.4 is 5.23 Å². The minimum absolute atomic E-state index is 0.0463. The highest BCUT2D eigenvalue weighted by Gasteiger charge is 2.20. The summed E-state index contributed by atoms with van der Waals surface area (Å²) in [7, 11) is -3.18. The second kappa shape index (κ2) is 6.13. The summed E-state index contributed by atoms with van der Waals surface area (Å²) in [6, 6.07) is 11.7. The smallest absolute Gasteiger partial charge is 0.234 e. The summed E-state index contributed by atoms with van der Waals surface area (Å²) in [5.41, 5.74) is -0.0463. The summed E-state index contributed by atoms with van der Waals surface area (Å²) in [6.07, 6.45) is 0. The van der Waals surface area contributed by atoms with Crippen LogP contribution in [-0.2, 0) is 8.87 Å². The van der Waals surface area contributed by atoms with Crippen LogP contribution in [0.4, 0.5) is 5.69 Å². The van der Waals surface area contributed by atoms with Gasteiger partial charge in [0.1, 0.15) is 0 Å². The molecule has 2 N–H and O–H groups in total. The van der Waals surface area contributed by atoms with Gasteiger partial charge < -0.3 is 5.21 Å². The van der Waals surface area contributed by atoms with Crippen LogP contribution in [-0.4, -0.2) is 13.6 Å². The van der Waals surface area contributed by atoms with Crippen molar-refractivity contribution < 1.29 is 18.9 Å². The molecule has 2 aromatic rings. The van der Waals surface area contributed by atoms with Crippen molar-refractivity contribution in [3.05, 3.63) is 58.8 Å². The van der Waals surface area contributed by atoms with E-state index in [1.165, 1.54) is 36.4 Å². The fraction of sp³-hybridized carbons (Fsp3) is 0. The standard InChI is InChI=1S/C12H10ClNO4S2/c13-9-5-7-10(8-6-9)20(17,18)19-12-4-2-1-3-11(12)14(15)16/h1-8,14-15H. The van der Waals surface area contributed by atoms with Crippen molar-refractivity contribution in [2.24, 2.45) is 0 Å². The van der Waals surface area contributed by atoms with E-state index in [2.05, 4.69) is 0 Å². The minimum Gasteiger partial charge on any atom is -0.595 e. The van der Waals surface area contributed by atoms with Crippen LogP contribution in [0.5, 0.6) is 0 Å². The van der Waals surface area contributed by atoms with E-state index in [9.17, 15) is 13.6 Å². The molecule has 0 radical (unpaired) electrons. The second-order valence-corrected chi connectivity index (χ2v) is 8.03. The Bertz CT molecular complexity index is 702. The molecule has 0 saturated carbocycles. The molecule has 8 heteroatoms. The monoisotopic (exact) mass is 331 g/mol. The second-order valence-electron chi connectivity index (χ2n) is 3.79. The summed E-state index contributed by atoms with van der Waals surface area (Å²) in [4.78, 5) is 0.252. The SMILES string of the molecule is O=S(=O)(Sc1ccccc1[NH+]([O-])O)c1ccc(Cl)cc1. The molecule has 20 heavy (non-hydrogen) atoms. The van der Waals surface area contributed by atoms with E-state index in [0.29, 0.717) is 15.8 Å². The lowest BCUT2D eigenvalue weighted by atomic mass is 10.3. The van der Waals surface area contributed by atoms with Gasteiger partial charge >= 0.3 is 0 Å². The summed E-state index contributed by atoms with van der Waals surface area (Å²) in [5, 5.41) is 19.4. The highest BCUT2D eigenvalue weighted by Crippen LogP contribution is 2.34. The van der Waals surface area contributed by atoms with E-state index >= 15 is 0 Å².